The van der Waals surface area contributed by atoms with Crippen LogP contribution in [0.15, 0.2) is 24.3 Å². The van der Waals surface area contributed by atoms with Gasteiger partial charge in [0.05, 0.1) is 7.11 Å². The van der Waals surface area contributed by atoms with Crippen LogP contribution in [0.4, 0.5) is 4.39 Å². The Balaban J connectivity index is 2.32. The summed E-state index contributed by atoms with van der Waals surface area (Å²) in [6.07, 6.45) is 3.98. The van der Waals surface area contributed by atoms with Gasteiger partial charge in [0.2, 0.25) is 0 Å². The second kappa shape index (κ2) is 5.70. The fourth-order valence-electron chi connectivity index (χ4n) is 2.51. The van der Waals surface area contributed by atoms with Crippen molar-refractivity contribution in [1.29, 1.82) is 0 Å². The number of rotatable bonds is 6. The highest BCUT2D eigenvalue weighted by Gasteiger charge is 2.41. The first-order valence-corrected chi connectivity index (χ1v) is 6.67. The van der Waals surface area contributed by atoms with E-state index in [1.165, 1.54) is 32.1 Å². The molecule has 1 aromatic carbocycles. The maximum atomic E-state index is 13.4. The molecule has 0 saturated heterocycles. The highest BCUT2D eigenvalue weighted by molar-refractivity contribution is 5.83. The topological polar surface area (TPSA) is 52.3 Å². The molecular formula is C15H20FNO2. The molecule has 0 radical (unpaired) electrons. The molecule has 1 unspecified atom stereocenters. The zero-order valence-corrected chi connectivity index (χ0v) is 11.2. The van der Waals surface area contributed by atoms with Gasteiger partial charge in [-0.15, -0.1) is 0 Å². The van der Waals surface area contributed by atoms with Gasteiger partial charge in [-0.1, -0.05) is 25.0 Å². The summed E-state index contributed by atoms with van der Waals surface area (Å²) in [4.78, 5) is 12.2. The Morgan fingerprint density at radius 1 is 1.53 bits per heavy atom. The van der Waals surface area contributed by atoms with E-state index >= 15 is 0 Å². The Labute approximate surface area is 112 Å². The van der Waals surface area contributed by atoms with Crippen molar-refractivity contribution in [3.8, 4) is 0 Å². The van der Waals surface area contributed by atoms with Gasteiger partial charge in [0.15, 0.2) is 0 Å². The number of methoxy groups -OCH3 is 1. The van der Waals surface area contributed by atoms with Gasteiger partial charge in [0, 0.05) is 6.54 Å². The van der Waals surface area contributed by atoms with Gasteiger partial charge in [-0.2, -0.15) is 0 Å². The third-order valence-electron chi connectivity index (χ3n) is 3.98. The molecule has 1 atom stereocenters. The predicted octanol–water partition coefficient (Wildman–Crippen LogP) is 2.39. The van der Waals surface area contributed by atoms with Crippen LogP contribution < -0.4 is 5.73 Å². The number of hydrogen-bond donors (Lipinski definition) is 1. The Morgan fingerprint density at radius 3 is 2.79 bits per heavy atom. The normalized spacial score (nSPS) is 17.8. The van der Waals surface area contributed by atoms with Crippen LogP contribution in [0.2, 0.25) is 0 Å². The molecule has 1 aliphatic rings. The second-order valence-corrected chi connectivity index (χ2v) is 5.27. The zero-order valence-electron chi connectivity index (χ0n) is 11.2. The van der Waals surface area contributed by atoms with E-state index in [1.54, 1.807) is 12.1 Å². The Bertz CT molecular complexity index is 459. The number of carbonyl (C=O) groups is 1. The monoisotopic (exact) mass is 265 g/mol. The lowest BCUT2D eigenvalue weighted by atomic mass is 9.76. The van der Waals surface area contributed by atoms with Crippen LogP contribution in [0.3, 0.4) is 0 Å². The summed E-state index contributed by atoms with van der Waals surface area (Å²) < 4.78 is 18.3. The van der Waals surface area contributed by atoms with Crippen molar-refractivity contribution < 1.29 is 13.9 Å². The fourth-order valence-corrected chi connectivity index (χ4v) is 2.51. The number of hydrogen-bond acceptors (Lipinski definition) is 3. The number of benzene rings is 1. The molecule has 104 valence electrons. The van der Waals surface area contributed by atoms with E-state index in [0.29, 0.717) is 17.9 Å². The summed E-state index contributed by atoms with van der Waals surface area (Å²) in [6, 6.07) is 6.11. The summed E-state index contributed by atoms with van der Waals surface area (Å²) in [5.74, 6) is -0.0453. The predicted molar refractivity (Wildman–Crippen MR) is 71.1 cm³/mol. The minimum Gasteiger partial charge on any atom is -0.468 e. The molecule has 0 amide bonds. The van der Waals surface area contributed by atoms with Crippen molar-refractivity contribution in [3.05, 3.63) is 35.6 Å². The minimum absolute atomic E-state index is 0.135. The first-order valence-electron chi connectivity index (χ1n) is 6.67. The molecule has 0 heterocycles. The molecule has 0 aromatic heterocycles. The minimum atomic E-state index is -0.917. The fraction of sp³-hybridized carbons (Fsp3) is 0.533. The first kappa shape index (κ1) is 14.0. The lowest BCUT2D eigenvalue weighted by molar-refractivity contribution is -0.147. The molecule has 1 aromatic rings. The lowest BCUT2D eigenvalue weighted by Gasteiger charge is -2.30. The molecule has 2 rings (SSSR count). The van der Waals surface area contributed by atoms with Crippen molar-refractivity contribution in [2.75, 3.05) is 13.7 Å². The highest BCUT2D eigenvalue weighted by Crippen LogP contribution is 2.39. The summed E-state index contributed by atoms with van der Waals surface area (Å²) in [5, 5.41) is 0. The third-order valence-corrected chi connectivity index (χ3v) is 3.98. The van der Waals surface area contributed by atoms with Crippen LogP contribution in [0.1, 0.15) is 31.2 Å². The molecule has 1 fully saturated rings. The van der Waals surface area contributed by atoms with Gasteiger partial charge in [-0.3, -0.25) is 4.79 Å². The van der Waals surface area contributed by atoms with Crippen molar-refractivity contribution in [3.63, 3.8) is 0 Å². The molecule has 0 bridgehead atoms. The third kappa shape index (κ3) is 2.95. The summed E-state index contributed by atoms with van der Waals surface area (Å²) >= 11 is 0. The van der Waals surface area contributed by atoms with E-state index in [9.17, 15) is 9.18 Å². The largest absolute Gasteiger partial charge is 0.468 e. The summed E-state index contributed by atoms with van der Waals surface area (Å²) in [6.45, 7) is 0.135. The summed E-state index contributed by atoms with van der Waals surface area (Å²) in [7, 11) is 1.35. The second-order valence-electron chi connectivity index (χ2n) is 5.27. The van der Waals surface area contributed by atoms with Crippen LogP contribution >= 0.6 is 0 Å². The van der Waals surface area contributed by atoms with Gasteiger partial charge in [0.25, 0.3) is 0 Å². The average molecular weight is 265 g/mol. The van der Waals surface area contributed by atoms with E-state index < -0.39 is 5.41 Å². The number of esters is 1. The molecule has 4 heteroatoms. The number of carbonyl (C=O) groups excluding carboxylic acids is 1. The molecule has 3 nitrogen and oxygen atoms in total. The number of nitrogens with two attached hydrogens (primary N) is 1. The first-order chi connectivity index (χ1) is 9.12. The SMILES string of the molecule is COC(=O)C(CN)(CCC1CC1)c1cccc(F)c1. The standard InChI is InChI=1S/C15H20FNO2/c1-19-14(18)15(10-17,8-7-11-5-6-11)12-3-2-4-13(16)9-12/h2-4,9,11H,5-8,10,17H2,1H3. The van der Waals surface area contributed by atoms with Gasteiger partial charge >= 0.3 is 5.97 Å². The van der Waals surface area contributed by atoms with Gasteiger partial charge < -0.3 is 10.5 Å². The van der Waals surface area contributed by atoms with E-state index in [-0.39, 0.29) is 18.3 Å². The lowest BCUT2D eigenvalue weighted by Crippen LogP contribution is -2.44. The van der Waals surface area contributed by atoms with Crippen molar-refractivity contribution >= 4 is 5.97 Å². The van der Waals surface area contributed by atoms with Crippen molar-refractivity contribution in [2.24, 2.45) is 11.7 Å². The Morgan fingerprint density at radius 2 is 2.26 bits per heavy atom. The highest BCUT2D eigenvalue weighted by atomic mass is 19.1. The molecule has 1 saturated carbocycles. The van der Waals surface area contributed by atoms with Crippen LogP contribution in [0, 0.1) is 11.7 Å². The molecule has 2 N–H and O–H groups in total. The molecular weight excluding hydrogens is 245 g/mol. The van der Waals surface area contributed by atoms with E-state index in [2.05, 4.69) is 0 Å². The molecule has 0 spiro atoms. The van der Waals surface area contributed by atoms with Gasteiger partial charge in [-0.05, 0) is 36.5 Å². The molecule has 1 aliphatic carbocycles. The van der Waals surface area contributed by atoms with Crippen LogP contribution in [-0.2, 0) is 14.9 Å². The maximum Gasteiger partial charge on any atom is 0.317 e. The zero-order chi connectivity index (χ0) is 13.9. The summed E-state index contributed by atoms with van der Waals surface area (Å²) in [5.41, 5.74) is 5.55. The number of halogens is 1. The van der Waals surface area contributed by atoms with Crippen molar-refractivity contribution in [1.82, 2.24) is 0 Å². The van der Waals surface area contributed by atoms with Crippen molar-refractivity contribution in [2.45, 2.75) is 31.1 Å². The van der Waals surface area contributed by atoms with Gasteiger partial charge in [-0.25, -0.2) is 4.39 Å². The molecule has 19 heavy (non-hydrogen) atoms. The average Bonchev–Trinajstić information content (AvgIpc) is 3.24. The van der Waals surface area contributed by atoms with E-state index in [1.807, 2.05) is 0 Å². The number of ether oxygens (including phenoxy) is 1. The van der Waals surface area contributed by atoms with E-state index in [4.69, 9.17) is 10.5 Å². The Kier molecular flexibility index (Phi) is 4.20. The maximum absolute atomic E-state index is 13.4. The Hall–Kier alpha value is -1.42. The van der Waals surface area contributed by atoms with E-state index in [0.717, 1.165) is 6.42 Å². The van der Waals surface area contributed by atoms with Crippen LogP contribution in [-0.4, -0.2) is 19.6 Å². The smallest absolute Gasteiger partial charge is 0.317 e. The quantitative estimate of drug-likeness (QED) is 0.803. The van der Waals surface area contributed by atoms with Crippen LogP contribution in [0.5, 0.6) is 0 Å². The molecule has 0 aliphatic heterocycles. The van der Waals surface area contributed by atoms with Crippen LogP contribution in [0.25, 0.3) is 0 Å². The van der Waals surface area contributed by atoms with Gasteiger partial charge in [0.1, 0.15) is 11.2 Å².